The summed E-state index contributed by atoms with van der Waals surface area (Å²) in [6.07, 6.45) is 4.57. The number of nitrogens with one attached hydrogen (secondary N) is 1. The van der Waals surface area contributed by atoms with Gasteiger partial charge in [0, 0.05) is 30.7 Å². The number of piperidine rings is 1. The maximum Gasteiger partial charge on any atom is 0.119 e. The molecule has 2 N–H and O–H groups in total. The molecule has 1 atom stereocenters. The summed E-state index contributed by atoms with van der Waals surface area (Å²) in [7, 11) is 0. The third-order valence-electron chi connectivity index (χ3n) is 5.13. The maximum absolute atomic E-state index is 9.94. The lowest BCUT2D eigenvalue weighted by Gasteiger charge is -2.41. The Morgan fingerprint density at radius 3 is 2.52 bits per heavy atom. The van der Waals surface area contributed by atoms with Crippen molar-refractivity contribution in [3.63, 3.8) is 0 Å². The molecule has 1 aliphatic heterocycles. The molecule has 1 aromatic carbocycles. The van der Waals surface area contributed by atoms with Gasteiger partial charge >= 0.3 is 0 Å². The highest BCUT2D eigenvalue weighted by Gasteiger charge is 2.30. The average Bonchev–Trinajstić information content (AvgIpc) is 2.83. The van der Waals surface area contributed by atoms with Gasteiger partial charge in [-0.3, -0.25) is 4.90 Å². The Kier molecular flexibility index (Phi) is 3.98. The van der Waals surface area contributed by atoms with Gasteiger partial charge in [-0.2, -0.15) is 0 Å². The Bertz CT molecular complexity index is 498. The fraction of sp³-hybridized carbons (Fsp3) is 0.667. The molecule has 21 heavy (non-hydrogen) atoms. The van der Waals surface area contributed by atoms with Gasteiger partial charge < -0.3 is 10.4 Å². The number of rotatable bonds is 2. The molecule has 3 heteroatoms. The van der Waals surface area contributed by atoms with Crippen LogP contribution in [0.5, 0.6) is 5.75 Å². The summed E-state index contributed by atoms with van der Waals surface area (Å²) in [6.45, 7) is 9.27. The summed E-state index contributed by atoms with van der Waals surface area (Å²) in [6, 6.07) is 6.99. The summed E-state index contributed by atoms with van der Waals surface area (Å²) in [5, 5.41) is 13.8. The summed E-state index contributed by atoms with van der Waals surface area (Å²) in [4.78, 5) is 2.58. The van der Waals surface area contributed by atoms with Crippen molar-refractivity contribution in [2.45, 2.75) is 64.1 Å². The molecule has 1 fully saturated rings. The van der Waals surface area contributed by atoms with Crippen LogP contribution in [0.4, 0.5) is 0 Å². The molecule has 2 aliphatic rings. The van der Waals surface area contributed by atoms with Crippen LogP contribution in [0.25, 0.3) is 0 Å². The lowest BCUT2D eigenvalue weighted by molar-refractivity contribution is 0.0937. The molecule has 0 bridgehead atoms. The van der Waals surface area contributed by atoms with Crippen molar-refractivity contribution in [2.24, 2.45) is 0 Å². The summed E-state index contributed by atoms with van der Waals surface area (Å²) in [5.41, 5.74) is 2.76. The van der Waals surface area contributed by atoms with Crippen molar-refractivity contribution in [2.75, 3.05) is 13.1 Å². The van der Waals surface area contributed by atoms with Crippen molar-refractivity contribution >= 4 is 0 Å². The van der Waals surface area contributed by atoms with Crippen LogP contribution in [-0.4, -0.2) is 34.7 Å². The van der Waals surface area contributed by atoms with Crippen LogP contribution >= 0.6 is 0 Å². The molecule has 0 spiro atoms. The molecular weight excluding hydrogens is 260 g/mol. The molecule has 0 saturated carbocycles. The fourth-order valence-electron chi connectivity index (χ4n) is 3.81. The third-order valence-corrected chi connectivity index (χ3v) is 5.13. The third kappa shape index (κ3) is 3.09. The van der Waals surface area contributed by atoms with E-state index < -0.39 is 0 Å². The highest BCUT2D eigenvalue weighted by atomic mass is 16.3. The van der Waals surface area contributed by atoms with Crippen LogP contribution in [0.1, 0.15) is 57.2 Å². The minimum Gasteiger partial charge on any atom is -0.508 e. The minimum atomic E-state index is 0.288. The van der Waals surface area contributed by atoms with Gasteiger partial charge in [-0.05, 0) is 63.6 Å². The van der Waals surface area contributed by atoms with Crippen LogP contribution < -0.4 is 5.32 Å². The normalized spacial score (nSPS) is 24.2. The zero-order valence-corrected chi connectivity index (χ0v) is 13.5. The first-order valence-corrected chi connectivity index (χ1v) is 8.27. The molecule has 3 rings (SSSR count). The summed E-state index contributed by atoms with van der Waals surface area (Å²) < 4.78 is 0. The van der Waals surface area contributed by atoms with Gasteiger partial charge in [0.05, 0.1) is 0 Å². The monoisotopic (exact) mass is 288 g/mol. The number of benzene rings is 1. The van der Waals surface area contributed by atoms with E-state index in [4.69, 9.17) is 0 Å². The van der Waals surface area contributed by atoms with E-state index in [1.807, 2.05) is 12.1 Å². The molecule has 1 unspecified atom stereocenters. The van der Waals surface area contributed by atoms with Crippen molar-refractivity contribution in [3.8, 4) is 5.75 Å². The first kappa shape index (κ1) is 14.9. The zero-order chi connectivity index (χ0) is 15.0. The van der Waals surface area contributed by atoms with E-state index in [0.29, 0.717) is 17.8 Å². The second-order valence-electron chi connectivity index (χ2n) is 7.53. The lowest BCUT2D eigenvalue weighted by atomic mass is 9.97. The molecule has 1 heterocycles. The highest BCUT2D eigenvalue weighted by molar-refractivity contribution is 5.44. The number of likely N-dealkylation sites (tertiary alicyclic amines) is 1. The van der Waals surface area contributed by atoms with E-state index in [9.17, 15) is 5.11 Å². The maximum atomic E-state index is 9.94. The summed E-state index contributed by atoms with van der Waals surface area (Å²) in [5.74, 6) is 0.472. The number of aromatic hydroxyl groups is 1. The van der Waals surface area contributed by atoms with Gasteiger partial charge in [0.15, 0.2) is 0 Å². The lowest BCUT2D eigenvalue weighted by Crippen LogP contribution is -2.50. The predicted octanol–water partition coefficient (Wildman–Crippen LogP) is 3.23. The topological polar surface area (TPSA) is 35.5 Å². The van der Waals surface area contributed by atoms with E-state index in [2.05, 4.69) is 37.1 Å². The number of fused-ring (bicyclic) bond motifs is 1. The number of phenolic OH excluding ortho intramolecular Hbond substituents is 1. The molecule has 0 amide bonds. The Balaban J connectivity index is 1.60. The zero-order valence-electron chi connectivity index (χ0n) is 13.5. The van der Waals surface area contributed by atoms with Crippen LogP contribution in [-0.2, 0) is 6.42 Å². The van der Waals surface area contributed by atoms with Gasteiger partial charge in [0.1, 0.15) is 5.75 Å². The number of hydrogen-bond donors (Lipinski definition) is 2. The molecule has 0 radical (unpaired) electrons. The smallest absolute Gasteiger partial charge is 0.119 e. The van der Waals surface area contributed by atoms with Crippen molar-refractivity contribution in [1.82, 2.24) is 10.2 Å². The summed E-state index contributed by atoms with van der Waals surface area (Å²) >= 11 is 0. The van der Waals surface area contributed by atoms with Crippen molar-refractivity contribution in [3.05, 3.63) is 29.3 Å². The van der Waals surface area contributed by atoms with Gasteiger partial charge in [-0.15, -0.1) is 0 Å². The van der Waals surface area contributed by atoms with E-state index >= 15 is 0 Å². The van der Waals surface area contributed by atoms with Crippen LogP contribution in [0, 0.1) is 0 Å². The van der Waals surface area contributed by atoms with Gasteiger partial charge in [0.2, 0.25) is 0 Å². The van der Waals surface area contributed by atoms with E-state index in [-0.39, 0.29) is 5.54 Å². The Morgan fingerprint density at radius 2 is 1.86 bits per heavy atom. The van der Waals surface area contributed by atoms with Crippen molar-refractivity contribution in [1.29, 1.82) is 0 Å². The second-order valence-corrected chi connectivity index (χ2v) is 7.53. The van der Waals surface area contributed by atoms with Gasteiger partial charge in [-0.1, -0.05) is 12.1 Å². The Labute approximate surface area is 128 Å². The highest BCUT2D eigenvalue weighted by Crippen LogP contribution is 2.37. The standard InChI is InChI=1S/C18H28N2O/c1-18(2,3)20-11-9-13(10-12-20)19-16-8-7-15-14(16)5-4-6-17(15)21/h4-6,13,16,19,21H,7-12H2,1-3H3. The molecule has 3 nitrogen and oxygen atoms in total. The van der Waals surface area contributed by atoms with E-state index in [0.717, 1.165) is 18.4 Å². The first-order valence-electron chi connectivity index (χ1n) is 8.27. The number of phenols is 1. The number of hydrogen-bond acceptors (Lipinski definition) is 3. The molecule has 1 aliphatic carbocycles. The molecule has 1 aromatic rings. The Morgan fingerprint density at radius 1 is 1.14 bits per heavy atom. The average molecular weight is 288 g/mol. The first-order chi connectivity index (χ1) is 9.95. The quantitative estimate of drug-likeness (QED) is 0.877. The minimum absolute atomic E-state index is 0.288. The van der Waals surface area contributed by atoms with Crippen LogP contribution in [0.2, 0.25) is 0 Å². The largest absolute Gasteiger partial charge is 0.508 e. The van der Waals surface area contributed by atoms with Crippen molar-refractivity contribution < 1.29 is 5.11 Å². The molecule has 0 aromatic heterocycles. The molecule has 1 saturated heterocycles. The Hall–Kier alpha value is -1.06. The number of nitrogens with zero attached hydrogens (tertiary/aromatic N) is 1. The second kappa shape index (κ2) is 5.62. The van der Waals surface area contributed by atoms with Crippen LogP contribution in [0.3, 0.4) is 0 Å². The molecule has 116 valence electrons. The van der Waals surface area contributed by atoms with E-state index in [1.54, 1.807) is 0 Å². The fourth-order valence-corrected chi connectivity index (χ4v) is 3.81. The van der Waals surface area contributed by atoms with E-state index in [1.165, 1.54) is 31.5 Å². The molecular formula is C18H28N2O. The SMILES string of the molecule is CC(C)(C)N1CCC(NC2CCc3c(O)cccc32)CC1. The van der Waals surface area contributed by atoms with Gasteiger partial charge in [-0.25, -0.2) is 0 Å². The van der Waals surface area contributed by atoms with Crippen LogP contribution in [0.15, 0.2) is 18.2 Å². The van der Waals surface area contributed by atoms with Gasteiger partial charge in [0.25, 0.3) is 0 Å². The predicted molar refractivity (Wildman–Crippen MR) is 86.7 cm³/mol.